The maximum atomic E-state index is 5.20. The standard InChI is InChI=1S/C15H25N5O/c1-10-8-20(12-4-5-12)9-14(10)18-15(16-3)17-7-13-6-11(2)19-21-13/h6,10,12,14H,4-5,7-9H2,1-3H3,(H2,16,17,18). The molecule has 21 heavy (non-hydrogen) atoms. The second-order valence-corrected chi connectivity index (χ2v) is 6.27. The van der Waals surface area contributed by atoms with Crippen molar-refractivity contribution >= 4 is 5.96 Å². The van der Waals surface area contributed by atoms with Crippen molar-refractivity contribution in [2.75, 3.05) is 20.1 Å². The number of guanidine groups is 1. The van der Waals surface area contributed by atoms with Gasteiger partial charge >= 0.3 is 0 Å². The van der Waals surface area contributed by atoms with E-state index in [1.54, 1.807) is 7.05 Å². The van der Waals surface area contributed by atoms with E-state index in [9.17, 15) is 0 Å². The van der Waals surface area contributed by atoms with Crippen LogP contribution in [-0.4, -0.2) is 48.2 Å². The summed E-state index contributed by atoms with van der Waals surface area (Å²) in [4.78, 5) is 6.91. The Balaban J connectivity index is 1.50. The van der Waals surface area contributed by atoms with Crippen molar-refractivity contribution in [2.24, 2.45) is 10.9 Å². The van der Waals surface area contributed by atoms with Gasteiger partial charge in [0.05, 0.1) is 12.2 Å². The van der Waals surface area contributed by atoms with Gasteiger partial charge < -0.3 is 15.2 Å². The van der Waals surface area contributed by atoms with Crippen LogP contribution in [0.2, 0.25) is 0 Å². The van der Waals surface area contributed by atoms with E-state index in [0.29, 0.717) is 18.5 Å². The van der Waals surface area contributed by atoms with Gasteiger partial charge in [0.2, 0.25) is 0 Å². The Bertz CT molecular complexity index is 508. The second-order valence-electron chi connectivity index (χ2n) is 6.27. The van der Waals surface area contributed by atoms with Crippen LogP contribution in [0, 0.1) is 12.8 Å². The largest absolute Gasteiger partial charge is 0.359 e. The number of hydrogen-bond acceptors (Lipinski definition) is 4. The van der Waals surface area contributed by atoms with Gasteiger partial charge in [0, 0.05) is 38.3 Å². The molecule has 0 bridgehead atoms. The highest BCUT2D eigenvalue weighted by molar-refractivity contribution is 5.80. The molecule has 2 heterocycles. The highest BCUT2D eigenvalue weighted by Crippen LogP contribution is 2.31. The zero-order chi connectivity index (χ0) is 14.8. The van der Waals surface area contributed by atoms with Gasteiger partial charge in [-0.3, -0.25) is 9.89 Å². The molecular weight excluding hydrogens is 266 g/mol. The van der Waals surface area contributed by atoms with Gasteiger partial charge in [0.25, 0.3) is 0 Å². The van der Waals surface area contributed by atoms with Crippen LogP contribution in [0.5, 0.6) is 0 Å². The van der Waals surface area contributed by atoms with Crippen LogP contribution in [0.3, 0.4) is 0 Å². The van der Waals surface area contributed by atoms with Crippen LogP contribution >= 0.6 is 0 Å². The summed E-state index contributed by atoms with van der Waals surface area (Å²) in [7, 11) is 1.80. The molecule has 2 atom stereocenters. The molecule has 1 aromatic rings. The van der Waals surface area contributed by atoms with Crippen molar-refractivity contribution in [1.29, 1.82) is 0 Å². The lowest BCUT2D eigenvalue weighted by Gasteiger charge is -2.20. The Hall–Kier alpha value is -1.56. The summed E-state index contributed by atoms with van der Waals surface area (Å²) in [5.74, 6) is 2.31. The summed E-state index contributed by atoms with van der Waals surface area (Å²) in [5.41, 5.74) is 0.902. The molecular formula is C15H25N5O. The van der Waals surface area contributed by atoms with Crippen molar-refractivity contribution in [3.8, 4) is 0 Å². The summed E-state index contributed by atoms with van der Waals surface area (Å²) < 4.78 is 5.20. The van der Waals surface area contributed by atoms with E-state index in [-0.39, 0.29) is 0 Å². The maximum Gasteiger partial charge on any atom is 0.191 e. The zero-order valence-electron chi connectivity index (χ0n) is 13.1. The third-order valence-electron chi connectivity index (χ3n) is 4.36. The van der Waals surface area contributed by atoms with E-state index >= 15 is 0 Å². The third kappa shape index (κ3) is 3.56. The van der Waals surface area contributed by atoms with E-state index in [1.807, 2.05) is 13.0 Å². The van der Waals surface area contributed by atoms with E-state index in [2.05, 4.69) is 32.6 Å². The average molecular weight is 291 g/mol. The first-order chi connectivity index (χ1) is 10.2. The molecule has 6 heteroatoms. The molecule has 2 N–H and O–H groups in total. The number of nitrogens with one attached hydrogen (secondary N) is 2. The highest BCUT2D eigenvalue weighted by atomic mass is 16.5. The monoisotopic (exact) mass is 291 g/mol. The minimum absolute atomic E-state index is 0.466. The molecule has 0 aromatic carbocycles. The van der Waals surface area contributed by atoms with Gasteiger partial charge in [-0.15, -0.1) is 0 Å². The highest BCUT2D eigenvalue weighted by Gasteiger charge is 2.38. The number of hydrogen-bond donors (Lipinski definition) is 2. The minimum Gasteiger partial charge on any atom is -0.359 e. The van der Waals surface area contributed by atoms with Crippen LogP contribution in [0.1, 0.15) is 31.2 Å². The number of rotatable bonds is 4. The molecule has 0 radical (unpaired) electrons. The van der Waals surface area contributed by atoms with Crippen LogP contribution < -0.4 is 10.6 Å². The zero-order valence-corrected chi connectivity index (χ0v) is 13.1. The number of aliphatic imine (C=N–C) groups is 1. The van der Waals surface area contributed by atoms with Crippen molar-refractivity contribution in [3.63, 3.8) is 0 Å². The van der Waals surface area contributed by atoms with Gasteiger partial charge in [-0.05, 0) is 25.7 Å². The molecule has 1 aliphatic heterocycles. The summed E-state index contributed by atoms with van der Waals surface area (Å²) in [6, 6.07) is 3.24. The van der Waals surface area contributed by atoms with E-state index in [4.69, 9.17) is 4.52 Å². The Morgan fingerprint density at radius 2 is 2.29 bits per heavy atom. The fraction of sp³-hybridized carbons (Fsp3) is 0.733. The predicted octanol–water partition coefficient (Wildman–Crippen LogP) is 1.13. The van der Waals surface area contributed by atoms with Crippen LogP contribution in [-0.2, 0) is 6.54 Å². The van der Waals surface area contributed by atoms with E-state index in [0.717, 1.165) is 30.0 Å². The van der Waals surface area contributed by atoms with Crippen LogP contribution in [0.25, 0.3) is 0 Å². The number of nitrogens with zero attached hydrogens (tertiary/aromatic N) is 3. The second kappa shape index (κ2) is 6.05. The molecule has 2 fully saturated rings. The molecule has 1 saturated heterocycles. The van der Waals surface area contributed by atoms with E-state index < -0.39 is 0 Å². The molecule has 2 aliphatic rings. The fourth-order valence-corrected chi connectivity index (χ4v) is 2.97. The summed E-state index contributed by atoms with van der Waals surface area (Å²) in [6.45, 7) is 7.16. The van der Waals surface area contributed by atoms with Gasteiger partial charge in [0.1, 0.15) is 0 Å². The SMILES string of the molecule is CN=C(NCc1cc(C)no1)NC1CN(C2CC2)CC1C. The quantitative estimate of drug-likeness (QED) is 0.643. The number of likely N-dealkylation sites (tertiary alicyclic amines) is 1. The lowest BCUT2D eigenvalue weighted by Crippen LogP contribution is -2.46. The smallest absolute Gasteiger partial charge is 0.191 e. The van der Waals surface area contributed by atoms with E-state index in [1.165, 1.54) is 19.4 Å². The van der Waals surface area contributed by atoms with Crippen LogP contribution in [0.15, 0.2) is 15.6 Å². The molecule has 0 amide bonds. The molecule has 1 saturated carbocycles. The Morgan fingerprint density at radius 3 is 2.90 bits per heavy atom. The van der Waals surface area contributed by atoms with Crippen molar-refractivity contribution in [2.45, 2.75) is 45.3 Å². The summed E-state index contributed by atoms with van der Waals surface area (Å²) >= 11 is 0. The number of aromatic nitrogens is 1. The number of aryl methyl sites for hydroxylation is 1. The molecule has 3 rings (SSSR count). The summed E-state index contributed by atoms with van der Waals surface area (Å²) in [5, 5.41) is 10.7. The first kappa shape index (κ1) is 14.4. The lowest BCUT2D eigenvalue weighted by molar-refractivity contribution is 0.315. The van der Waals surface area contributed by atoms with Crippen LogP contribution in [0.4, 0.5) is 0 Å². The lowest BCUT2D eigenvalue weighted by atomic mass is 10.1. The topological polar surface area (TPSA) is 65.7 Å². The van der Waals surface area contributed by atoms with Gasteiger partial charge in [-0.1, -0.05) is 12.1 Å². The van der Waals surface area contributed by atoms with Crippen molar-refractivity contribution in [1.82, 2.24) is 20.7 Å². The first-order valence-electron chi connectivity index (χ1n) is 7.79. The summed E-state index contributed by atoms with van der Waals surface area (Å²) in [6.07, 6.45) is 2.74. The van der Waals surface area contributed by atoms with Gasteiger partial charge in [0.15, 0.2) is 11.7 Å². The molecule has 6 nitrogen and oxygen atoms in total. The van der Waals surface area contributed by atoms with Gasteiger partial charge in [-0.25, -0.2) is 0 Å². The molecule has 2 unspecified atom stereocenters. The Kier molecular flexibility index (Phi) is 4.14. The fourth-order valence-electron chi connectivity index (χ4n) is 2.97. The predicted molar refractivity (Wildman–Crippen MR) is 82.1 cm³/mol. The van der Waals surface area contributed by atoms with Gasteiger partial charge in [-0.2, -0.15) is 0 Å². The maximum absolute atomic E-state index is 5.20. The first-order valence-corrected chi connectivity index (χ1v) is 7.79. The molecule has 1 aromatic heterocycles. The average Bonchev–Trinajstić information content (AvgIpc) is 3.14. The molecule has 1 aliphatic carbocycles. The Labute approximate surface area is 126 Å². The minimum atomic E-state index is 0.466. The molecule has 0 spiro atoms. The van der Waals surface area contributed by atoms with Crippen molar-refractivity contribution in [3.05, 3.63) is 17.5 Å². The van der Waals surface area contributed by atoms with Crippen molar-refractivity contribution < 1.29 is 4.52 Å². The normalized spacial score (nSPS) is 27.1. The Morgan fingerprint density at radius 1 is 1.48 bits per heavy atom. The third-order valence-corrected chi connectivity index (χ3v) is 4.36. The molecule has 116 valence electrons.